The van der Waals surface area contributed by atoms with Crippen molar-refractivity contribution in [3.63, 3.8) is 0 Å². The van der Waals surface area contributed by atoms with Crippen molar-refractivity contribution < 1.29 is 8.42 Å². The third-order valence-electron chi connectivity index (χ3n) is 4.97. The summed E-state index contributed by atoms with van der Waals surface area (Å²) >= 11 is 1.52. The molecule has 2 aromatic carbocycles. The molecule has 29 heavy (non-hydrogen) atoms. The lowest BCUT2D eigenvalue weighted by Gasteiger charge is -2.19. The van der Waals surface area contributed by atoms with Gasteiger partial charge < -0.3 is 10.2 Å². The minimum Gasteiger partial charge on any atom is -0.383 e. The Balaban J connectivity index is 2.07. The molecule has 3 rings (SSSR count). The molecule has 0 spiro atoms. The first-order chi connectivity index (χ1) is 13.8. The van der Waals surface area contributed by atoms with E-state index in [1.54, 1.807) is 0 Å². The van der Waals surface area contributed by atoms with Crippen molar-refractivity contribution in [1.82, 2.24) is 9.62 Å². The van der Waals surface area contributed by atoms with E-state index in [9.17, 15) is 13.2 Å². The van der Waals surface area contributed by atoms with Gasteiger partial charge in [-0.3, -0.25) is 4.79 Å². The highest BCUT2D eigenvalue weighted by Crippen LogP contribution is 2.32. The molecule has 8 heteroatoms. The molecule has 6 nitrogen and oxygen atoms in total. The first kappa shape index (κ1) is 21.7. The Morgan fingerprint density at radius 3 is 2.52 bits per heavy atom. The number of likely N-dealkylation sites (N-methyl/N-ethyl adjacent to an activating group) is 1. The fraction of sp³-hybridized carbons (Fsp3) is 0.381. The van der Waals surface area contributed by atoms with Gasteiger partial charge in [0, 0.05) is 40.1 Å². The zero-order valence-electron chi connectivity index (χ0n) is 17.0. The number of hydrogen-bond donors (Lipinski definition) is 2. The van der Waals surface area contributed by atoms with Gasteiger partial charge in [0.05, 0.1) is 11.6 Å². The Hall–Kier alpha value is -2.00. The molecule has 0 bridgehead atoms. The average molecular weight is 436 g/mol. The lowest BCUT2D eigenvalue weighted by Crippen LogP contribution is -2.28. The Morgan fingerprint density at radius 1 is 1.10 bits per heavy atom. The topological polar surface area (TPSA) is 78.5 Å². The van der Waals surface area contributed by atoms with Crippen LogP contribution < -0.4 is 15.5 Å². The molecule has 3 aromatic rings. The third kappa shape index (κ3) is 5.14. The molecule has 156 valence electrons. The van der Waals surface area contributed by atoms with Gasteiger partial charge in [0.15, 0.2) is 5.43 Å². The first-order valence-corrected chi connectivity index (χ1v) is 12.4. The standard InChI is InChI=1S/C21H27N3O3S2/c1-4-24(5-2)13-12-22-17-11-10-15(14-23-29(3,26)27)21-19(17)20(25)16-8-6-7-9-18(16)28-21/h6-11,22-23H,4-5,12-14H2,1-3H3/i14+2. The average Bonchev–Trinajstić information content (AvgIpc) is 2.69. The molecule has 1 heterocycles. The second-order valence-corrected chi connectivity index (χ2v) is 9.84. The first-order valence-electron chi connectivity index (χ1n) is 9.72. The van der Waals surface area contributed by atoms with E-state index in [2.05, 4.69) is 28.8 Å². The van der Waals surface area contributed by atoms with Crippen LogP contribution in [0, 0.1) is 0 Å². The maximum absolute atomic E-state index is 13.3. The van der Waals surface area contributed by atoms with Crippen molar-refractivity contribution >= 4 is 47.2 Å². The quantitative estimate of drug-likeness (QED) is 0.505. The molecule has 0 atom stereocenters. The zero-order chi connectivity index (χ0) is 21.0. The van der Waals surface area contributed by atoms with E-state index < -0.39 is 10.0 Å². The zero-order valence-corrected chi connectivity index (χ0v) is 18.6. The second-order valence-electron chi connectivity index (χ2n) is 6.95. The van der Waals surface area contributed by atoms with Crippen LogP contribution in [0.25, 0.3) is 20.2 Å². The lowest BCUT2D eigenvalue weighted by atomic mass is 10.1. The van der Waals surface area contributed by atoms with Crippen LogP contribution in [0.1, 0.15) is 19.4 Å². The predicted molar refractivity (Wildman–Crippen MR) is 124 cm³/mol. The molecule has 1 aromatic heterocycles. The molecule has 0 saturated carbocycles. The Kier molecular flexibility index (Phi) is 6.89. The number of nitrogens with one attached hydrogen (secondary N) is 2. The number of hydrogen-bond acceptors (Lipinski definition) is 6. The van der Waals surface area contributed by atoms with E-state index in [1.807, 2.05) is 36.4 Å². The molecule has 0 amide bonds. The van der Waals surface area contributed by atoms with Crippen molar-refractivity contribution in [2.24, 2.45) is 0 Å². The van der Waals surface area contributed by atoms with Crippen LogP contribution in [0.5, 0.6) is 0 Å². The summed E-state index contributed by atoms with van der Waals surface area (Å²) in [7, 11) is -3.33. The van der Waals surface area contributed by atoms with E-state index in [0.29, 0.717) is 10.8 Å². The Labute approximate surface area is 175 Å². The van der Waals surface area contributed by atoms with Crippen molar-refractivity contribution in [2.45, 2.75) is 20.4 Å². The monoisotopic (exact) mass is 435 g/mol. The van der Waals surface area contributed by atoms with Gasteiger partial charge in [0.1, 0.15) is 0 Å². The van der Waals surface area contributed by atoms with Crippen molar-refractivity contribution in [3.05, 3.63) is 52.2 Å². The molecular weight excluding hydrogens is 408 g/mol. The highest BCUT2D eigenvalue weighted by Gasteiger charge is 2.14. The number of anilines is 1. The maximum atomic E-state index is 13.3. The molecule has 0 aliphatic carbocycles. The van der Waals surface area contributed by atoms with Crippen LogP contribution in [-0.2, 0) is 16.6 Å². The SMILES string of the molecule is CCN(CC)CCNc1ccc([14CH2]NS(C)(=O)=O)c2sc3ccccc3c(=O)c12. The molecule has 0 aliphatic heterocycles. The van der Waals surface area contributed by atoms with Crippen molar-refractivity contribution in [1.29, 1.82) is 0 Å². The lowest BCUT2D eigenvalue weighted by molar-refractivity contribution is 0.316. The summed E-state index contributed by atoms with van der Waals surface area (Å²) in [4.78, 5) is 15.6. The summed E-state index contributed by atoms with van der Waals surface area (Å²) in [5.41, 5.74) is 1.57. The van der Waals surface area contributed by atoms with Gasteiger partial charge in [-0.25, -0.2) is 13.1 Å². The van der Waals surface area contributed by atoms with E-state index >= 15 is 0 Å². The van der Waals surface area contributed by atoms with Gasteiger partial charge in [-0.05, 0) is 36.9 Å². The van der Waals surface area contributed by atoms with Crippen LogP contribution in [0.3, 0.4) is 0 Å². The van der Waals surface area contributed by atoms with E-state index in [4.69, 9.17) is 0 Å². The summed E-state index contributed by atoms with van der Waals surface area (Å²) in [6, 6.07) is 11.3. The minimum atomic E-state index is -3.33. The molecule has 0 fully saturated rings. The largest absolute Gasteiger partial charge is 0.383 e. The predicted octanol–water partition coefficient (Wildman–Crippen LogP) is 3.22. The van der Waals surface area contributed by atoms with Gasteiger partial charge >= 0.3 is 0 Å². The number of benzene rings is 2. The van der Waals surface area contributed by atoms with E-state index in [0.717, 1.165) is 53.1 Å². The summed E-state index contributed by atoms with van der Waals surface area (Å²) < 4.78 is 27.4. The van der Waals surface area contributed by atoms with E-state index in [1.165, 1.54) is 11.3 Å². The van der Waals surface area contributed by atoms with Crippen LogP contribution in [-0.4, -0.2) is 45.8 Å². The van der Waals surface area contributed by atoms with Crippen LogP contribution >= 0.6 is 11.3 Å². The van der Waals surface area contributed by atoms with Crippen LogP contribution in [0.15, 0.2) is 41.2 Å². The number of sulfonamides is 1. The second kappa shape index (κ2) is 9.21. The minimum absolute atomic E-state index is 0.0269. The summed E-state index contributed by atoms with van der Waals surface area (Å²) in [6.45, 7) is 8.00. The molecule has 2 N–H and O–H groups in total. The maximum Gasteiger partial charge on any atom is 0.209 e. The molecule has 0 radical (unpaired) electrons. The smallest absolute Gasteiger partial charge is 0.209 e. The summed E-state index contributed by atoms with van der Waals surface area (Å²) in [6.07, 6.45) is 1.14. The summed E-state index contributed by atoms with van der Waals surface area (Å²) in [5, 5.41) is 4.73. The highest BCUT2D eigenvalue weighted by molar-refractivity contribution is 7.88. The third-order valence-corrected chi connectivity index (χ3v) is 6.89. The fourth-order valence-electron chi connectivity index (χ4n) is 3.34. The van der Waals surface area contributed by atoms with Crippen LogP contribution in [0.4, 0.5) is 5.69 Å². The Morgan fingerprint density at radius 2 is 1.83 bits per heavy atom. The van der Waals surface area contributed by atoms with Crippen molar-refractivity contribution in [3.8, 4) is 0 Å². The molecule has 0 aliphatic rings. The highest BCUT2D eigenvalue weighted by atomic mass is 32.2. The number of nitrogens with zero attached hydrogens (tertiary/aromatic N) is 1. The fourth-order valence-corrected chi connectivity index (χ4v) is 4.97. The number of fused-ring (bicyclic) bond motifs is 2. The van der Waals surface area contributed by atoms with E-state index in [-0.39, 0.29) is 12.0 Å². The Bertz CT molecular complexity index is 1170. The molecule has 0 saturated heterocycles. The van der Waals surface area contributed by atoms with Gasteiger partial charge in [-0.2, -0.15) is 0 Å². The normalized spacial score (nSPS) is 12.1. The van der Waals surface area contributed by atoms with Gasteiger partial charge in [-0.1, -0.05) is 32.0 Å². The summed E-state index contributed by atoms with van der Waals surface area (Å²) in [5.74, 6) is 0. The van der Waals surface area contributed by atoms with Crippen LogP contribution in [0.2, 0.25) is 0 Å². The van der Waals surface area contributed by atoms with Gasteiger partial charge in [0.25, 0.3) is 0 Å². The molecular formula is C21H27N3O3S2. The van der Waals surface area contributed by atoms with Crippen molar-refractivity contribution in [2.75, 3.05) is 37.8 Å². The van der Waals surface area contributed by atoms with Gasteiger partial charge in [-0.15, -0.1) is 11.3 Å². The van der Waals surface area contributed by atoms with Gasteiger partial charge in [0.2, 0.25) is 10.0 Å². The molecule has 0 unspecified atom stereocenters. The number of rotatable bonds is 9.